The number of fused-ring (bicyclic) bond motifs is 1. The molecule has 0 aromatic heterocycles. The topological polar surface area (TPSA) is 104 Å². The Hall–Kier alpha value is -4.20. The number of nitrogens with one attached hydrogen (secondary N) is 2. The number of ketones is 1. The minimum atomic E-state index is -0.649. The third kappa shape index (κ3) is 3.80. The quantitative estimate of drug-likeness (QED) is 0.367. The maximum atomic E-state index is 13.5. The van der Waals surface area contributed by atoms with Gasteiger partial charge in [0.2, 0.25) is 0 Å². The maximum absolute atomic E-state index is 13.5. The number of allylic oxidation sites excluding steroid dienone is 1. The molecule has 0 amide bonds. The maximum Gasteiger partial charge on any atom is 0.311 e. The van der Waals surface area contributed by atoms with Crippen LogP contribution in [0.5, 0.6) is 5.75 Å². The molecule has 3 aromatic carbocycles. The van der Waals surface area contributed by atoms with Crippen LogP contribution in [0.4, 0.5) is 21.5 Å². The summed E-state index contributed by atoms with van der Waals surface area (Å²) in [7, 11) is 0. The van der Waals surface area contributed by atoms with Crippen molar-refractivity contribution in [3.05, 3.63) is 105 Å². The summed E-state index contributed by atoms with van der Waals surface area (Å²) >= 11 is 0. The van der Waals surface area contributed by atoms with E-state index >= 15 is 0 Å². The molecule has 0 fully saturated rings. The number of rotatable bonds is 3. The number of benzene rings is 3. The van der Waals surface area contributed by atoms with Gasteiger partial charge in [-0.2, -0.15) is 0 Å². The molecule has 3 aromatic rings. The first kappa shape index (κ1) is 20.7. The number of halogens is 1. The largest absolute Gasteiger partial charge is 0.502 e. The second kappa shape index (κ2) is 8.05. The molecule has 5 rings (SSSR count). The molecule has 0 radical (unpaired) electrons. The van der Waals surface area contributed by atoms with Crippen molar-refractivity contribution in [2.45, 2.75) is 24.8 Å². The predicted molar refractivity (Wildman–Crippen MR) is 122 cm³/mol. The summed E-state index contributed by atoms with van der Waals surface area (Å²) in [6.45, 7) is 0. The highest BCUT2D eigenvalue weighted by Gasteiger charge is 2.36. The number of nitrogens with zero attached hydrogens (tertiary/aromatic N) is 1. The van der Waals surface area contributed by atoms with Gasteiger partial charge in [-0.3, -0.25) is 14.9 Å². The lowest BCUT2D eigenvalue weighted by Gasteiger charge is -2.30. The highest BCUT2D eigenvalue weighted by Crippen LogP contribution is 2.45. The summed E-state index contributed by atoms with van der Waals surface area (Å²) in [6.07, 6.45) is 0.764. The zero-order chi connectivity index (χ0) is 23.1. The van der Waals surface area contributed by atoms with Crippen molar-refractivity contribution in [3.63, 3.8) is 0 Å². The number of phenolic OH excluding ortho intramolecular Hbond substituents is 1. The smallest absolute Gasteiger partial charge is 0.311 e. The molecule has 7 nitrogen and oxygen atoms in total. The van der Waals surface area contributed by atoms with E-state index in [0.29, 0.717) is 17.6 Å². The summed E-state index contributed by atoms with van der Waals surface area (Å²) in [5, 5.41) is 28.1. The fraction of sp³-hybridized carbons (Fsp3) is 0.160. The van der Waals surface area contributed by atoms with E-state index in [1.165, 1.54) is 24.3 Å². The zero-order valence-electron chi connectivity index (χ0n) is 17.4. The third-order valence-electron chi connectivity index (χ3n) is 6.18. The van der Waals surface area contributed by atoms with Gasteiger partial charge >= 0.3 is 5.69 Å². The van der Waals surface area contributed by atoms with Crippen molar-refractivity contribution in [1.82, 2.24) is 0 Å². The Morgan fingerprint density at radius 2 is 1.67 bits per heavy atom. The van der Waals surface area contributed by atoms with E-state index in [9.17, 15) is 24.4 Å². The monoisotopic (exact) mass is 445 g/mol. The Kier molecular flexibility index (Phi) is 5.05. The Morgan fingerprint density at radius 1 is 0.970 bits per heavy atom. The van der Waals surface area contributed by atoms with Gasteiger partial charge in [-0.25, -0.2) is 4.39 Å². The van der Waals surface area contributed by atoms with Crippen molar-refractivity contribution >= 4 is 22.8 Å². The Balaban J connectivity index is 1.62. The number of carbonyl (C=O) groups excluding carboxylic acids is 1. The standard InChI is InChI=1S/C25H20FN3O4/c26-17-8-5-14(6-9-17)16-11-20-24(23(31)13-16)25(28-19-4-2-1-3-18(19)27-20)15-7-10-22(30)21(12-15)29(32)33/h1-10,12,16,25,27-28,30H,11,13H2. The van der Waals surface area contributed by atoms with Crippen molar-refractivity contribution in [3.8, 4) is 5.75 Å². The minimum Gasteiger partial charge on any atom is -0.502 e. The molecule has 8 heteroatoms. The molecule has 3 N–H and O–H groups in total. The number of anilines is 2. The van der Waals surface area contributed by atoms with Gasteiger partial charge < -0.3 is 15.7 Å². The average Bonchev–Trinajstić information content (AvgIpc) is 2.96. The molecule has 33 heavy (non-hydrogen) atoms. The molecule has 1 aliphatic carbocycles. The lowest BCUT2D eigenvalue weighted by Crippen LogP contribution is -2.26. The number of para-hydroxylation sites is 2. The van der Waals surface area contributed by atoms with Crippen molar-refractivity contribution in [1.29, 1.82) is 0 Å². The van der Waals surface area contributed by atoms with Crippen LogP contribution in [0, 0.1) is 15.9 Å². The molecule has 0 bridgehead atoms. The van der Waals surface area contributed by atoms with Crippen LogP contribution in [0.3, 0.4) is 0 Å². The molecule has 0 saturated heterocycles. The van der Waals surface area contributed by atoms with Crippen LogP contribution in [-0.2, 0) is 4.79 Å². The Bertz CT molecular complexity index is 1300. The molecule has 1 aliphatic heterocycles. The summed E-state index contributed by atoms with van der Waals surface area (Å²) in [5.41, 5.74) is 3.71. The Morgan fingerprint density at radius 3 is 2.39 bits per heavy atom. The first-order valence-corrected chi connectivity index (χ1v) is 10.5. The van der Waals surface area contributed by atoms with Crippen LogP contribution >= 0.6 is 0 Å². The van der Waals surface area contributed by atoms with Gasteiger partial charge in [-0.05, 0) is 53.8 Å². The number of phenols is 1. The van der Waals surface area contributed by atoms with Gasteiger partial charge in [0.15, 0.2) is 11.5 Å². The SMILES string of the molecule is O=C1CC(c2ccc(F)cc2)CC2=C1C(c1ccc(O)c([N+](=O)[O-])c1)Nc1ccccc1N2. The van der Waals surface area contributed by atoms with Crippen LogP contribution in [0.25, 0.3) is 0 Å². The van der Waals surface area contributed by atoms with Gasteiger partial charge in [0.25, 0.3) is 0 Å². The van der Waals surface area contributed by atoms with E-state index in [1.807, 2.05) is 24.3 Å². The normalized spacial score (nSPS) is 19.6. The van der Waals surface area contributed by atoms with Gasteiger partial charge in [0, 0.05) is 23.8 Å². The van der Waals surface area contributed by atoms with Gasteiger partial charge in [-0.15, -0.1) is 0 Å². The second-order valence-electron chi connectivity index (χ2n) is 8.23. The molecular weight excluding hydrogens is 425 g/mol. The fourth-order valence-corrected chi connectivity index (χ4v) is 4.58. The van der Waals surface area contributed by atoms with Crippen LogP contribution in [0.2, 0.25) is 0 Å². The second-order valence-corrected chi connectivity index (χ2v) is 8.23. The third-order valence-corrected chi connectivity index (χ3v) is 6.18. The number of nitro benzene ring substituents is 1. The van der Waals surface area contributed by atoms with Crippen LogP contribution in [0.15, 0.2) is 78.0 Å². The fourth-order valence-electron chi connectivity index (χ4n) is 4.58. The van der Waals surface area contributed by atoms with E-state index in [0.717, 1.165) is 22.6 Å². The number of nitro groups is 1. The highest BCUT2D eigenvalue weighted by molar-refractivity contribution is 6.01. The van der Waals surface area contributed by atoms with E-state index in [1.54, 1.807) is 18.2 Å². The van der Waals surface area contributed by atoms with Crippen molar-refractivity contribution in [2.75, 3.05) is 10.6 Å². The predicted octanol–water partition coefficient (Wildman–Crippen LogP) is 5.42. The highest BCUT2D eigenvalue weighted by atomic mass is 19.1. The number of aromatic hydroxyl groups is 1. The first-order valence-electron chi connectivity index (χ1n) is 10.5. The zero-order valence-corrected chi connectivity index (χ0v) is 17.4. The van der Waals surface area contributed by atoms with Crippen LogP contribution in [-0.4, -0.2) is 15.8 Å². The average molecular weight is 445 g/mol. The summed E-state index contributed by atoms with van der Waals surface area (Å²) in [5.74, 6) is -0.986. The van der Waals surface area contributed by atoms with Gasteiger partial charge in [-0.1, -0.05) is 30.3 Å². The lowest BCUT2D eigenvalue weighted by atomic mass is 9.78. The Labute approximate surface area is 188 Å². The number of Topliss-reactive ketones (excluding diaryl/α,β-unsaturated/α-hetero) is 1. The summed E-state index contributed by atoms with van der Waals surface area (Å²) < 4.78 is 13.4. The van der Waals surface area contributed by atoms with E-state index in [2.05, 4.69) is 10.6 Å². The van der Waals surface area contributed by atoms with E-state index in [4.69, 9.17) is 0 Å². The lowest BCUT2D eigenvalue weighted by molar-refractivity contribution is -0.385. The number of hydrogen-bond acceptors (Lipinski definition) is 6. The molecule has 0 saturated carbocycles. The number of hydrogen-bond donors (Lipinski definition) is 3. The van der Waals surface area contributed by atoms with Crippen LogP contribution < -0.4 is 10.6 Å². The molecule has 1 heterocycles. The van der Waals surface area contributed by atoms with E-state index in [-0.39, 0.29) is 23.9 Å². The molecule has 2 unspecified atom stereocenters. The molecule has 2 atom stereocenters. The van der Waals surface area contributed by atoms with E-state index < -0.39 is 22.4 Å². The molecule has 2 aliphatic rings. The minimum absolute atomic E-state index is 0.0980. The van der Waals surface area contributed by atoms with Crippen molar-refractivity contribution in [2.24, 2.45) is 0 Å². The summed E-state index contributed by atoms with van der Waals surface area (Å²) in [4.78, 5) is 24.2. The number of carbonyl (C=O) groups is 1. The molecule has 0 spiro atoms. The van der Waals surface area contributed by atoms with Gasteiger partial charge in [0.1, 0.15) is 5.82 Å². The van der Waals surface area contributed by atoms with Crippen molar-refractivity contribution < 1.29 is 19.2 Å². The van der Waals surface area contributed by atoms with Gasteiger partial charge in [0.05, 0.1) is 22.3 Å². The first-order chi connectivity index (χ1) is 15.9. The summed E-state index contributed by atoms with van der Waals surface area (Å²) in [6, 6.07) is 17.2. The molecule has 166 valence electrons. The van der Waals surface area contributed by atoms with Crippen LogP contribution in [0.1, 0.15) is 35.9 Å². The molecular formula is C25H20FN3O4.